The fraction of sp³-hybridized carbons (Fsp3) is 0.412. The average molecular weight is 301 g/mol. The molecular formula is C17H23N3O2. The zero-order chi connectivity index (χ0) is 15.8. The van der Waals surface area contributed by atoms with Crippen molar-refractivity contribution < 1.29 is 9.84 Å². The van der Waals surface area contributed by atoms with Crippen LogP contribution >= 0.6 is 0 Å². The summed E-state index contributed by atoms with van der Waals surface area (Å²) in [7, 11) is 0. The highest BCUT2D eigenvalue weighted by Crippen LogP contribution is 2.12. The molecule has 118 valence electrons. The van der Waals surface area contributed by atoms with Gasteiger partial charge in [-0.05, 0) is 19.4 Å². The van der Waals surface area contributed by atoms with Gasteiger partial charge in [0.05, 0.1) is 38.6 Å². The molecule has 1 heterocycles. The fourth-order valence-electron chi connectivity index (χ4n) is 2.25. The van der Waals surface area contributed by atoms with Gasteiger partial charge in [0, 0.05) is 17.5 Å². The molecule has 0 aliphatic carbocycles. The molecule has 0 amide bonds. The minimum Gasteiger partial charge on any atom is -0.394 e. The van der Waals surface area contributed by atoms with Gasteiger partial charge in [-0.3, -0.25) is 9.67 Å². The van der Waals surface area contributed by atoms with Crippen LogP contribution in [0.15, 0.2) is 35.3 Å². The molecule has 22 heavy (non-hydrogen) atoms. The SMILES string of the molecule is Cc1nn(Cc2ccccc2)c(C)c1C=NCCOCCO. The van der Waals surface area contributed by atoms with Crippen LogP contribution in [-0.2, 0) is 11.3 Å². The molecule has 2 aromatic rings. The first-order valence-corrected chi connectivity index (χ1v) is 7.48. The van der Waals surface area contributed by atoms with Gasteiger partial charge >= 0.3 is 0 Å². The van der Waals surface area contributed by atoms with Crippen molar-refractivity contribution in [2.24, 2.45) is 4.99 Å². The number of aliphatic hydroxyl groups is 1. The summed E-state index contributed by atoms with van der Waals surface area (Å²) in [6, 6.07) is 10.3. The van der Waals surface area contributed by atoms with Gasteiger partial charge in [-0.15, -0.1) is 0 Å². The Morgan fingerprint density at radius 2 is 2.00 bits per heavy atom. The van der Waals surface area contributed by atoms with Gasteiger partial charge < -0.3 is 9.84 Å². The van der Waals surface area contributed by atoms with Gasteiger partial charge in [-0.1, -0.05) is 30.3 Å². The second-order valence-electron chi connectivity index (χ2n) is 5.10. The van der Waals surface area contributed by atoms with E-state index >= 15 is 0 Å². The second kappa shape index (κ2) is 8.46. The Morgan fingerprint density at radius 3 is 2.73 bits per heavy atom. The molecule has 0 fully saturated rings. The van der Waals surface area contributed by atoms with E-state index in [2.05, 4.69) is 29.1 Å². The van der Waals surface area contributed by atoms with Crippen molar-refractivity contribution in [2.75, 3.05) is 26.4 Å². The Labute approximate surface area is 131 Å². The molecule has 5 nitrogen and oxygen atoms in total. The summed E-state index contributed by atoms with van der Waals surface area (Å²) in [5, 5.41) is 13.2. The van der Waals surface area contributed by atoms with Crippen molar-refractivity contribution in [3.05, 3.63) is 52.8 Å². The summed E-state index contributed by atoms with van der Waals surface area (Å²) < 4.78 is 7.19. The van der Waals surface area contributed by atoms with E-state index in [-0.39, 0.29) is 6.61 Å². The molecule has 1 aromatic heterocycles. The van der Waals surface area contributed by atoms with Crippen molar-refractivity contribution in [1.82, 2.24) is 9.78 Å². The van der Waals surface area contributed by atoms with Crippen LogP contribution in [0.5, 0.6) is 0 Å². The number of aliphatic imine (C=N–C) groups is 1. The molecule has 1 N–H and O–H groups in total. The first-order valence-electron chi connectivity index (χ1n) is 7.48. The number of hydrogen-bond donors (Lipinski definition) is 1. The number of rotatable bonds is 8. The Hall–Kier alpha value is -1.98. The molecule has 1 aromatic carbocycles. The first kappa shape index (κ1) is 16.4. The average Bonchev–Trinajstić information content (AvgIpc) is 2.79. The zero-order valence-electron chi connectivity index (χ0n) is 13.2. The maximum atomic E-state index is 8.62. The lowest BCUT2D eigenvalue weighted by Crippen LogP contribution is -2.04. The highest BCUT2D eigenvalue weighted by molar-refractivity contribution is 5.82. The second-order valence-corrected chi connectivity index (χ2v) is 5.10. The molecule has 0 saturated heterocycles. The standard InChI is InChI=1S/C17H23N3O2/c1-14-17(12-18-8-10-22-11-9-21)15(2)20(19-14)13-16-6-4-3-5-7-16/h3-7,12,21H,8-11,13H2,1-2H3. The molecule has 0 bridgehead atoms. The van der Waals surface area contributed by atoms with E-state index in [0.29, 0.717) is 19.8 Å². The van der Waals surface area contributed by atoms with Crippen LogP contribution in [0, 0.1) is 13.8 Å². The Bertz CT molecular complexity index is 606. The summed E-state index contributed by atoms with van der Waals surface area (Å²) in [5.41, 5.74) is 4.39. The van der Waals surface area contributed by atoms with Crippen molar-refractivity contribution >= 4 is 6.21 Å². The van der Waals surface area contributed by atoms with Crippen LogP contribution in [0.25, 0.3) is 0 Å². The van der Waals surface area contributed by atoms with E-state index in [0.717, 1.165) is 23.5 Å². The normalized spacial score (nSPS) is 11.4. The Morgan fingerprint density at radius 1 is 1.23 bits per heavy atom. The predicted molar refractivity (Wildman–Crippen MR) is 87.6 cm³/mol. The molecule has 2 rings (SSSR count). The third kappa shape index (κ3) is 4.51. The molecule has 0 unspecified atom stereocenters. The van der Waals surface area contributed by atoms with Crippen LogP contribution in [0.1, 0.15) is 22.5 Å². The number of aryl methyl sites for hydroxylation is 1. The van der Waals surface area contributed by atoms with Gasteiger partial charge in [-0.25, -0.2) is 0 Å². The number of benzene rings is 1. The molecule has 5 heteroatoms. The topological polar surface area (TPSA) is 59.6 Å². The Kier molecular flexibility index (Phi) is 6.30. The van der Waals surface area contributed by atoms with Crippen molar-refractivity contribution in [1.29, 1.82) is 0 Å². The van der Waals surface area contributed by atoms with Gasteiger partial charge in [0.2, 0.25) is 0 Å². The lowest BCUT2D eigenvalue weighted by molar-refractivity contribution is 0.0978. The smallest absolute Gasteiger partial charge is 0.0698 e. The van der Waals surface area contributed by atoms with Crippen molar-refractivity contribution in [3.8, 4) is 0 Å². The van der Waals surface area contributed by atoms with E-state index in [4.69, 9.17) is 9.84 Å². The maximum Gasteiger partial charge on any atom is 0.0698 e. The van der Waals surface area contributed by atoms with Crippen LogP contribution < -0.4 is 0 Å². The minimum absolute atomic E-state index is 0.0498. The van der Waals surface area contributed by atoms with Gasteiger partial charge in [-0.2, -0.15) is 5.10 Å². The molecule has 0 aliphatic rings. The summed E-state index contributed by atoms with van der Waals surface area (Å²) in [4.78, 5) is 4.37. The van der Waals surface area contributed by atoms with Crippen LogP contribution in [0.4, 0.5) is 0 Å². The summed E-state index contributed by atoms with van der Waals surface area (Å²) in [6.07, 6.45) is 1.86. The third-order valence-electron chi connectivity index (χ3n) is 3.43. The van der Waals surface area contributed by atoms with E-state index < -0.39 is 0 Å². The quantitative estimate of drug-likeness (QED) is 0.599. The molecule has 0 radical (unpaired) electrons. The highest BCUT2D eigenvalue weighted by atomic mass is 16.5. The van der Waals surface area contributed by atoms with Gasteiger partial charge in [0.1, 0.15) is 0 Å². The number of nitrogens with zero attached hydrogens (tertiary/aromatic N) is 3. The number of aromatic nitrogens is 2. The Balaban J connectivity index is 1.99. The predicted octanol–water partition coefficient (Wildman–Crippen LogP) is 1.98. The van der Waals surface area contributed by atoms with Crippen LogP contribution in [-0.4, -0.2) is 47.5 Å². The summed E-state index contributed by atoms with van der Waals surface area (Å²) in [6.45, 7) is 6.35. The van der Waals surface area contributed by atoms with Crippen molar-refractivity contribution in [2.45, 2.75) is 20.4 Å². The lowest BCUT2D eigenvalue weighted by atomic mass is 10.2. The lowest BCUT2D eigenvalue weighted by Gasteiger charge is -2.04. The van der Waals surface area contributed by atoms with Crippen LogP contribution in [0.3, 0.4) is 0 Å². The number of aliphatic hydroxyl groups excluding tert-OH is 1. The zero-order valence-corrected chi connectivity index (χ0v) is 13.2. The molecule has 0 atom stereocenters. The summed E-state index contributed by atoms with van der Waals surface area (Å²) >= 11 is 0. The molecule has 0 saturated carbocycles. The van der Waals surface area contributed by atoms with E-state index in [1.807, 2.05) is 36.0 Å². The van der Waals surface area contributed by atoms with Gasteiger partial charge in [0.15, 0.2) is 0 Å². The van der Waals surface area contributed by atoms with Crippen molar-refractivity contribution in [3.63, 3.8) is 0 Å². The molecule has 0 aliphatic heterocycles. The highest BCUT2D eigenvalue weighted by Gasteiger charge is 2.09. The third-order valence-corrected chi connectivity index (χ3v) is 3.43. The number of hydrogen-bond acceptors (Lipinski definition) is 4. The van der Waals surface area contributed by atoms with Crippen LogP contribution in [0.2, 0.25) is 0 Å². The maximum absolute atomic E-state index is 8.62. The molecule has 0 spiro atoms. The van der Waals surface area contributed by atoms with E-state index in [1.54, 1.807) is 0 Å². The largest absolute Gasteiger partial charge is 0.394 e. The summed E-state index contributed by atoms with van der Waals surface area (Å²) in [5.74, 6) is 0. The first-order chi connectivity index (χ1) is 10.7. The monoisotopic (exact) mass is 301 g/mol. The van der Waals surface area contributed by atoms with E-state index in [9.17, 15) is 0 Å². The fourth-order valence-corrected chi connectivity index (χ4v) is 2.25. The number of ether oxygens (including phenoxy) is 1. The van der Waals surface area contributed by atoms with E-state index in [1.165, 1.54) is 5.56 Å². The van der Waals surface area contributed by atoms with Gasteiger partial charge in [0.25, 0.3) is 0 Å². The minimum atomic E-state index is 0.0498. The molecular weight excluding hydrogens is 278 g/mol.